The summed E-state index contributed by atoms with van der Waals surface area (Å²) < 4.78 is 1.28. The molecule has 0 spiro atoms. The largest absolute Gasteiger partial charge is 0.366 e. The molecule has 2 N–H and O–H groups in total. The van der Waals surface area contributed by atoms with E-state index < -0.39 is 0 Å². The van der Waals surface area contributed by atoms with Crippen LogP contribution in [0, 0.1) is 3.57 Å². The minimum Gasteiger partial charge on any atom is -0.366 e. The number of hydrogen-bond donors (Lipinski definition) is 2. The van der Waals surface area contributed by atoms with Crippen molar-refractivity contribution in [1.82, 2.24) is 9.97 Å². The molecular formula is C10H10IN3. The molecule has 1 aromatic carbocycles. The standard InChI is InChI=1S/C10H10IN3/c11-9-4-2-1-3-8(9)5-13-10-6-12-7-14-10/h1-4,6-7,13H,5H2,(H,12,14). The number of anilines is 1. The first-order valence-electron chi connectivity index (χ1n) is 4.32. The number of nitrogens with one attached hydrogen (secondary N) is 2. The van der Waals surface area contributed by atoms with E-state index in [1.807, 2.05) is 12.1 Å². The fourth-order valence-corrected chi connectivity index (χ4v) is 1.76. The van der Waals surface area contributed by atoms with Gasteiger partial charge in [-0.15, -0.1) is 0 Å². The summed E-state index contributed by atoms with van der Waals surface area (Å²) >= 11 is 2.34. The maximum atomic E-state index is 3.94. The Kier molecular flexibility index (Phi) is 3.03. The van der Waals surface area contributed by atoms with Crippen LogP contribution in [0.1, 0.15) is 5.56 Å². The third-order valence-corrected chi connectivity index (χ3v) is 2.98. The quantitative estimate of drug-likeness (QED) is 0.855. The van der Waals surface area contributed by atoms with E-state index in [-0.39, 0.29) is 0 Å². The highest BCUT2D eigenvalue weighted by atomic mass is 127. The van der Waals surface area contributed by atoms with E-state index in [4.69, 9.17) is 0 Å². The molecule has 2 rings (SSSR count). The monoisotopic (exact) mass is 299 g/mol. The number of nitrogens with zero attached hydrogens (tertiary/aromatic N) is 1. The average molecular weight is 299 g/mol. The van der Waals surface area contributed by atoms with Crippen molar-refractivity contribution in [3.05, 3.63) is 45.9 Å². The van der Waals surface area contributed by atoms with Gasteiger partial charge >= 0.3 is 0 Å². The second-order valence-electron chi connectivity index (χ2n) is 2.91. The molecule has 2 aromatic rings. The zero-order chi connectivity index (χ0) is 9.80. The van der Waals surface area contributed by atoms with Crippen LogP contribution < -0.4 is 5.32 Å². The lowest BCUT2D eigenvalue weighted by Gasteiger charge is -2.05. The zero-order valence-electron chi connectivity index (χ0n) is 7.50. The molecule has 0 saturated heterocycles. The highest BCUT2D eigenvalue weighted by Gasteiger charge is 1.98. The van der Waals surface area contributed by atoms with Gasteiger partial charge in [-0.3, -0.25) is 0 Å². The van der Waals surface area contributed by atoms with Crippen LogP contribution in [-0.2, 0) is 6.54 Å². The zero-order valence-corrected chi connectivity index (χ0v) is 9.65. The minimum atomic E-state index is 0.821. The van der Waals surface area contributed by atoms with Gasteiger partial charge in [0, 0.05) is 10.1 Å². The normalized spacial score (nSPS) is 10.1. The van der Waals surface area contributed by atoms with E-state index in [9.17, 15) is 0 Å². The number of aromatic amines is 1. The van der Waals surface area contributed by atoms with Crippen LogP contribution in [0.25, 0.3) is 0 Å². The number of halogens is 1. The highest BCUT2D eigenvalue weighted by molar-refractivity contribution is 14.1. The second-order valence-corrected chi connectivity index (χ2v) is 4.07. The van der Waals surface area contributed by atoms with Crippen molar-refractivity contribution in [2.75, 3.05) is 5.32 Å². The summed E-state index contributed by atoms with van der Waals surface area (Å²) in [7, 11) is 0. The molecule has 0 saturated carbocycles. The summed E-state index contributed by atoms with van der Waals surface area (Å²) in [6.45, 7) is 0.821. The Morgan fingerprint density at radius 2 is 2.21 bits per heavy atom. The van der Waals surface area contributed by atoms with Crippen molar-refractivity contribution < 1.29 is 0 Å². The van der Waals surface area contributed by atoms with Gasteiger partial charge in [0.15, 0.2) is 0 Å². The van der Waals surface area contributed by atoms with Gasteiger partial charge in [-0.2, -0.15) is 0 Å². The van der Waals surface area contributed by atoms with Crippen molar-refractivity contribution in [2.45, 2.75) is 6.54 Å². The molecule has 0 aliphatic heterocycles. The van der Waals surface area contributed by atoms with Gasteiger partial charge in [0.05, 0.1) is 12.5 Å². The van der Waals surface area contributed by atoms with Crippen molar-refractivity contribution in [3.8, 4) is 0 Å². The number of aromatic nitrogens is 2. The van der Waals surface area contributed by atoms with E-state index >= 15 is 0 Å². The lowest BCUT2D eigenvalue weighted by molar-refractivity contribution is 1.11. The number of imidazole rings is 1. The van der Waals surface area contributed by atoms with Crippen LogP contribution >= 0.6 is 22.6 Å². The van der Waals surface area contributed by atoms with Gasteiger partial charge in [0.25, 0.3) is 0 Å². The van der Waals surface area contributed by atoms with Crippen LogP contribution in [-0.4, -0.2) is 9.97 Å². The third-order valence-electron chi connectivity index (χ3n) is 1.93. The Morgan fingerprint density at radius 3 is 2.93 bits per heavy atom. The summed E-state index contributed by atoms with van der Waals surface area (Å²) in [5.74, 6) is 0.949. The summed E-state index contributed by atoms with van der Waals surface area (Å²) in [5, 5.41) is 3.26. The van der Waals surface area contributed by atoms with E-state index in [1.54, 1.807) is 12.5 Å². The van der Waals surface area contributed by atoms with Crippen molar-refractivity contribution in [2.24, 2.45) is 0 Å². The molecule has 4 heteroatoms. The first-order chi connectivity index (χ1) is 6.86. The van der Waals surface area contributed by atoms with Gasteiger partial charge in [0.2, 0.25) is 0 Å². The molecule has 0 amide bonds. The highest BCUT2D eigenvalue weighted by Crippen LogP contribution is 2.12. The van der Waals surface area contributed by atoms with E-state index in [1.165, 1.54) is 9.13 Å². The molecule has 0 radical (unpaired) electrons. The molecule has 72 valence electrons. The van der Waals surface area contributed by atoms with Gasteiger partial charge < -0.3 is 10.3 Å². The topological polar surface area (TPSA) is 40.7 Å². The molecule has 1 heterocycles. The predicted molar refractivity (Wildman–Crippen MR) is 65.1 cm³/mol. The average Bonchev–Trinajstić information content (AvgIpc) is 2.69. The van der Waals surface area contributed by atoms with E-state index in [0.29, 0.717) is 0 Å². The van der Waals surface area contributed by atoms with E-state index in [2.05, 4.69) is 50.0 Å². The Bertz CT molecular complexity index is 398. The van der Waals surface area contributed by atoms with Gasteiger partial charge in [-0.25, -0.2) is 4.98 Å². The number of benzene rings is 1. The Labute approximate surface area is 96.1 Å². The fourth-order valence-electron chi connectivity index (χ4n) is 1.18. The maximum absolute atomic E-state index is 3.94. The van der Waals surface area contributed by atoms with Crippen LogP contribution in [0.2, 0.25) is 0 Å². The molecule has 3 nitrogen and oxygen atoms in total. The lowest BCUT2D eigenvalue weighted by atomic mass is 10.2. The molecule has 0 aliphatic carbocycles. The molecule has 0 bridgehead atoms. The molecule has 1 aromatic heterocycles. The van der Waals surface area contributed by atoms with Gasteiger partial charge in [-0.1, -0.05) is 18.2 Å². The molecule has 0 aliphatic rings. The number of H-pyrrole nitrogens is 1. The van der Waals surface area contributed by atoms with Crippen molar-refractivity contribution >= 4 is 28.4 Å². The smallest absolute Gasteiger partial charge is 0.123 e. The molecule has 0 fully saturated rings. The Balaban J connectivity index is 2.02. The van der Waals surface area contributed by atoms with Crippen molar-refractivity contribution in [3.63, 3.8) is 0 Å². The first kappa shape index (κ1) is 9.51. The summed E-state index contributed by atoms with van der Waals surface area (Å²) in [5.41, 5.74) is 1.29. The summed E-state index contributed by atoms with van der Waals surface area (Å²) in [6, 6.07) is 8.31. The minimum absolute atomic E-state index is 0.821. The van der Waals surface area contributed by atoms with E-state index in [0.717, 1.165) is 12.4 Å². The maximum Gasteiger partial charge on any atom is 0.123 e. The van der Waals surface area contributed by atoms with Crippen LogP contribution in [0.5, 0.6) is 0 Å². The summed E-state index contributed by atoms with van der Waals surface area (Å²) in [6.07, 6.45) is 3.44. The number of hydrogen-bond acceptors (Lipinski definition) is 2. The summed E-state index contributed by atoms with van der Waals surface area (Å²) in [4.78, 5) is 6.94. The first-order valence-corrected chi connectivity index (χ1v) is 5.40. The van der Waals surface area contributed by atoms with Crippen LogP contribution in [0.4, 0.5) is 5.82 Å². The van der Waals surface area contributed by atoms with Crippen LogP contribution in [0.3, 0.4) is 0 Å². The van der Waals surface area contributed by atoms with Crippen LogP contribution in [0.15, 0.2) is 36.8 Å². The second kappa shape index (κ2) is 4.45. The Hall–Kier alpha value is -1.04. The molecular weight excluding hydrogens is 289 g/mol. The van der Waals surface area contributed by atoms with Crippen molar-refractivity contribution in [1.29, 1.82) is 0 Å². The number of rotatable bonds is 3. The van der Waals surface area contributed by atoms with Gasteiger partial charge in [0.1, 0.15) is 5.82 Å². The molecule has 0 unspecified atom stereocenters. The third kappa shape index (κ3) is 2.25. The molecule has 0 atom stereocenters. The predicted octanol–water partition coefficient (Wildman–Crippen LogP) is 2.63. The molecule has 14 heavy (non-hydrogen) atoms. The Morgan fingerprint density at radius 1 is 1.36 bits per heavy atom. The van der Waals surface area contributed by atoms with Gasteiger partial charge in [-0.05, 0) is 34.2 Å². The SMILES string of the molecule is Ic1ccccc1CNc1cnc[nH]1. The fraction of sp³-hybridized carbons (Fsp3) is 0.100. The lowest BCUT2D eigenvalue weighted by Crippen LogP contribution is -2.00.